The number of alkyl carbamates (subject to hydrolysis) is 1. The summed E-state index contributed by atoms with van der Waals surface area (Å²) < 4.78 is 7.16. The zero-order valence-corrected chi connectivity index (χ0v) is 16.5. The van der Waals surface area contributed by atoms with E-state index in [1.165, 1.54) is 0 Å². The molecule has 0 aliphatic rings. The minimum Gasteiger partial charge on any atom is -0.444 e. The van der Waals surface area contributed by atoms with Gasteiger partial charge in [0.15, 0.2) is 0 Å². The molecule has 0 aromatic carbocycles. The van der Waals surface area contributed by atoms with Gasteiger partial charge in [0.25, 0.3) is 0 Å². The van der Waals surface area contributed by atoms with Crippen LogP contribution < -0.4 is 10.6 Å². The quantitative estimate of drug-likeness (QED) is 0.739. The van der Waals surface area contributed by atoms with Crippen molar-refractivity contribution in [2.24, 2.45) is 5.92 Å². The van der Waals surface area contributed by atoms with Gasteiger partial charge >= 0.3 is 6.09 Å². The summed E-state index contributed by atoms with van der Waals surface area (Å²) in [6, 6.07) is 1.40. The Kier molecular flexibility index (Phi) is 7.45. The number of nitrogens with one attached hydrogen (secondary N) is 2. The molecule has 1 aromatic heterocycles. The lowest BCUT2D eigenvalue weighted by atomic mass is 10.0. The molecule has 0 saturated carbocycles. The smallest absolute Gasteiger partial charge is 0.408 e. The number of aromatic nitrogens is 2. The predicted octanol–water partition coefficient (Wildman–Crippen LogP) is 2.56. The Balaban J connectivity index is 2.45. The Morgan fingerprint density at radius 2 is 1.92 bits per heavy atom. The highest BCUT2D eigenvalue weighted by Gasteiger charge is 2.26. The second kappa shape index (κ2) is 8.87. The monoisotopic (exact) mass is 352 g/mol. The summed E-state index contributed by atoms with van der Waals surface area (Å²) in [4.78, 5) is 24.3. The molecule has 142 valence electrons. The second-order valence-corrected chi connectivity index (χ2v) is 7.66. The van der Waals surface area contributed by atoms with E-state index >= 15 is 0 Å². The molecule has 7 heteroatoms. The third-order valence-electron chi connectivity index (χ3n) is 3.57. The zero-order chi connectivity index (χ0) is 19.2. The van der Waals surface area contributed by atoms with Gasteiger partial charge in [0.1, 0.15) is 11.6 Å². The van der Waals surface area contributed by atoms with Crippen molar-refractivity contribution in [3.8, 4) is 0 Å². The summed E-state index contributed by atoms with van der Waals surface area (Å²) in [5, 5.41) is 9.93. The van der Waals surface area contributed by atoms with Crippen molar-refractivity contribution in [2.45, 2.75) is 73.1 Å². The number of nitrogens with zero attached hydrogens (tertiary/aromatic N) is 2. The molecule has 25 heavy (non-hydrogen) atoms. The summed E-state index contributed by atoms with van der Waals surface area (Å²) >= 11 is 0. The maximum Gasteiger partial charge on any atom is 0.408 e. The van der Waals surface area contributed by atoms with Gasteiger partial charge in [-0.2, -0.15) is 5.10 Å². The van der Waals surface area contributed by atoms with Crippen LogP contribution >= 0.6 is 0 Å². The van der Waals surface area contributed by atoms with Gasteiger partial charge in [0, 0.05) is 18.8 Å². The molecule has 0 spiro atoms. The highest BCUT2D eigenvalue weighted by molar-refractivity contribution is 5.85. The minimum atomic E-state index is -0.622. The van der Waals surface area contributed by atoms with Crippen molar-refractivity contribution >= 4 is 12.0 Å². The first kappa shape index (κ1) is 21.0. The van der Waals surface area contributed by atoms with Crippen LogP contribution in [0.15, 0.2) is 6.07 Å². The first-order chi connectivity index (χ1) is 11.5. The molecule has 1 heterocycles. The molecule has 1 rings (SSSR count). The van der Waals surface area contributed by atoms with Gasteiger partial charge in [-0.3, -0.25) is 9.48 Å². The largest absolute Gasteiger partial charge is 0.444 e. The van der Waals surface area contributed by atoms with E-state index in [2.05, 4.69) is 15.7 Å². The van der Waals surface area contributed by atoms with E-state index in [1.54, 1.807) is 20.8 Å². The Morgan fingerprint density at radius 1 is 1.28 bits per heavy atom. The molecule has 0 saturated heterocycles. The van der Waals surface area contributed by atoms with E-state index in [9.17, 15) is 9.59 Å². The molecule has 2 N–H and O–H groups in total. The Bertz CT molecular complexity index is 588. The van der Waals surface area contributed by atoms with E-state index in [4.69, 9.17) is 4.74 Å². The molecule has 0 fully saturated rings. The van der Waals surface area contributed by atoms with Gasteiger partial charge in [-0.1, -0.05) is 13.8 Å². The van der Waals surface area contributed by atoms with Crippen LogP contribution in [0.25, 0.3) is 0 Å². The number of carbonyl (C=O) groups excluding carboxylic acids is 2. The van der Waals surface area contributed by atoms with Gasteiger partial charge in [0.05, 0.1) is 5.69 Å². The molecular weight excluding hydrogens is 320 g/mol. The van der Waals surface area contributed by atoms with Crippen LogP contribution in [-0.4, -0.2) is 40.0 Å². The molecule has 0 radical (unpaired) electrons. The average Bonchev–Trinajstić information content (AvgIpc) is 2.76. The van der Waals surface area contributed by atoms with Gasteiger partial charge < -0.3 is 15.4 Å². The van der Waals surface area contributed by atoms with Crippen LogP contribution in [-0.2, 0) is 16.1 Å². The van der Waals surface area contributed by atoms with Gasteiger partial charge in [-0.05, 0) is 53.0 Å². The Morgan fingerprint density at radius 3 is 2.40 bits per heavy atom. The van der Waals surface area contributed by atoms with E-state index in [0.29, 0.717) is 6.54 Å². The van der Waals surface area contributed by atoms with Crippen molar-refractivity contribution in [2.75, 3.05) is 6.54 Å². The fourth-order valence-electron chi connectivity index (χ4n) is 2.42. The van der Waals surface area contributed by atoms with E-state index in [-0.39, 0.29) is 11.8 Å². The molecule has 1 aromatic rings. The van der Waals surface area contributed by atoms with Crippen molar-refractivity contribution in [3.05, 3.63) is 17.5 Å². The third kappa shape index (κ3) is 7.58. The number of rotatable bonds is 7. The standard InChI is InChI=1S/C18H32N4O3/c1-12(2)15(20-17(24)25-18(5,6)7)16(23)19-9-8-10-22-14(4)11-13(3)21-22/h11-12,15H,8-10H2,1-7H3,(H,19,23)(H,20,24). The highest BCUT2D eigenvalue weighted by atomic mass is 16.6. The second-order valence-electron chi connectivity index (χ2n) is 7.66. The Labute approximate surface area is 150 Å². The van der Waals surface area contributed by atoms with E-state index in [0.717, 1.165) is 24.4 Å². The molecule has 0 bridgehead atoms. The van der Waals surface area contributed by atoms with Crippen LogP contribution in [0, 0.1) is 19.8 Å². The molecule has 1 unspecified atom stereocenters. The minimum absolute atomic E-state index is 0.0384. The fourth-order valence-corrected chi connectivity index (χ4v) is 2.42. The van der Waals surface area contributed by atoms with Crippen LogP contribution in [0.1, 0.15) is 52.4 Å². The lowest BCUT2D eigenvalue weighted by Gasteiger charge is -2.25. The highest BCUT2D eigenvalue weighted by Crippen LogP contribution is 2.09. The number of amides is 2. The van der Waals surface area contributed by atoms with E-state index < -0.39 is 17.7 Å². The number of hydrogen-bond acceptors (Lipinski definition) is 4. The summed E-state index contributed by atoms with van der Waals surface area (Å²) in [5.41, 5.74) is 1.50. The van der Waals surface area contributed by atoms with Gasteiger partial charge in [-0.15, -0.1) is 0 Å². The molecule has 1 atom stereocenters. The van der Waals surface area contributed by atoms with Crippen LogP contribution in [0.3, 0.4) is 0 Å². The normalized spacial score (nSPS) is 12.8. The topological polar surface area (TPSA) is 85.2 Å². The molecule has 0 aliphatic heterocycles. The summed E-state index contributed by atoms with van der Waals surface area (Å²) in [6.45, 7) is 14.4. The SMILES string of the molecule is Cc1cc(C)n(CCCNC(=O)C(NC(=O)OC(C)(C)C)C(C)C)n1. The van der Waals surface area contributed by atoms with Crippen molar-refractivity contribution in [1.29, 1.82) is 0 Å². The fraction of sp³-hybridized carbons (Fsp3) is 0.722. The van der Waals surface area contributed by atoms with Gasteiger partial charge in [-0.25, -0.2) is 4.79 Å². The number of aryl methyl sites for hydroxylation is 3. The summed E-state index contributed by atoms with van der Waals surface area (Å²) in [7, 11) is 0. The molecule has 0 aliphatic carbocycles. The lowest BCUT2D eigenvalue weighted by Crippen LogP contribution is -2.51. The van der Waals surface area contributed by atoms with Crippen molar-refractivity contribution in [1.82, 2.24) is 20.4 Å². The maximum atomic E-state index is 12.4. The molecule has 7 nitrogen and oxygen atoms in total. The number of carbonyl (C=O) groups is 2. The van der Waals surface area contributed by atoms with Crippen LogP contribution in [0.5, 0.6) is 0 Å². The molecule has 2 amide bonds. The first-order valence-corrected chi connectivity index (χ1v) is 8.78. The lowest BCUT2D eigenvalue weighted by molar-refractivity contribution is -0.124. The maximum absolute atomic E-state index is 12.4. The van der Waals surface area contributed by atoms with Crippen LogP contribution in [0.2, 0.25) is 0 Å². The molecular formula is C18H32N4O3. The number of hydrogen-bond donors (Lipinski definition) is 2. The number of ether oxygens (including phenoxy) is 1. The van der Waals surface area contributed by atoms with Gasteiger partial charge in [0.2, 0.25) is 5.91 Å². The predicted molar refractivity (Wildman–Crippen MR) is 97.3 cm³/mol. The average molecular weight is 352 g/mol. The van der Waals surface area contributed by atoms with Crippen LogP contribution in [0.4, 0.5) is 4.79 Å². The third-order valence-corrected chi connectivity index (χ3v) is 3.57. The van der Waals surface area contributed by atoms with E-state index in [1.807, 2.05) is 38.4 Å². The van der Waals surface area contributed by atoms with Crippen molar-refractivity contribution < 1.29 is 14.3 Å². The van der Waals surface area contributed by atoms with Crippen molar-refractivity contribution in [3.63, 3.8) is 0 Å². The zero-order valence-electron chi connectivity index (χ0n) is 16.5. The Hall–Kier alpha value is -2.05. The first-order valence-electron chi connectivity index (χ1n) is 8.78. The summed E-state index contributed by atoms with van der Waals surface area (Å²) in [6.07, 6.45) is 0.189. The summed E-state index contributed by atoms with van der Waals surface area (Å²) in [5.74, 6) is -0.238.